The van der Waals surface area contributed by atoms with Crippen molar-refractivity contribution in [2.45, 2.75) is 19.9 Å². The van der Waals surface area contributed by atoms with Crippen LogP contribution in [0, 0.1) is 0 Å². The van der Waals surface area contributed by atoms with Crippen LogP contribution in [0.3, 0.4) is 0 Å². The van der Waals surface area contributed by atoms with Gasteiger partial charge in [0.2, 0.25) is 0 Å². The Morgan fingerprint density at radius 2 is 2.05 bits per heavy atom. The molecule has 1 fully saturated rings. The van der Waals surface area contributed by atoms with Crippen molar-refractivity contribution in [1.82, 2.24) is 15.5 Å². The molecule has 1 saturated heterocycles. The van der Waals surface area contributed by atoms with Gasteiger partial charge in [-0.2, -0.15) is 0 Å². The quantitative estimate of drug-likeness (QED) is 0.706. The van der Waals surface area contributed by atoms with Crippen molar-refractivity contribution in [2.24, 2.45) is 0 Å². The summed E-state index contributed by atoms with van der Waals surface area (Å²) in [4.78, 5) is 2.50. The van der Waals surface area contributed by atoms with Crippen molar-refractivity contribution < 1.29 is 4.74 Å². The van der Waals surface area contributed by atoms with E-state index in [1.54, 1.807) is 0 Å². The number of hydrogen-bond donors (Lipinski definition) is 2. The van der Waals surface area contributed by atoms with Crippen molar-refractivity contribution in [3.63, 3.8) is 0 Å². The van der Waals surface area contributed by atoms with Crippen LogP contribution in [0.15, 0.2) is 24.3 Å². The Morgan fingerprint density at radius 3 is 2.85 bits per heavy atom. The van der Waals surface area contributed by atoms with Crippen LogP contribution in [0.25, 0.3) is 0 Å². The molecule has 2 N–H and O–H groups in total. The summed E-state index contributed by atoms with van der Waals surface area (Å²) in [5, 5.41) is 6.90. The molecule has 0 bridgehead atoms. The third kappa shape index (κ3) is 5.12. The van der Waals surface area contributed by atoms with Gasteiger partial charge in [0.25, 0.3) is 0 Å². The van der Waals surface area contributed by atoms with Gasteiger partial charge in [-0.15, -0.1) is 0 Å². The Bertz CT molecular complexity index is 378. The number of nitrogens with zero attached hydrogens (tertiary/aromatic N) is 1. The number of nitrogens with one attached hydrogen (secondary N) is 2. The highest BCUT2D eigenvalue weighted by Crippen LogP contribution is 2.17. The van der Waals surface area contributed by atoms with Crippen LogP contribution in [0.5, 0.6) is 5.75 Å². The van der Waals surface area contributed by atoms with E-state index in [-0.39, 0.29) is 0 Å². The van der Waals surface area contributed by atoms with Crippen LogP contribution in [0.4, 0.5) is 0 Å². The van der Waals surface area contributed by atoms with Crippen LogP contribution in [0.1, 0.15) is 18.9 Å². The van der Waals surface area contributed by atoms with Gasteiger partial charge in [0.1, 0.15) is 5.75 Å². The summed E-state index contributed by atoms with van der Waals surface area (Å²) >= 11 is 0. The zero-order chi connectivity index (χ0) is 14.0. The second-order valence-corrected chi connectivity index (χ2v) is 5.22. The Morgan fingerprint density at radius 1 is 1.25 bits per heavy atom. The van der Waals surface area contributed by atoms with Crippen molar-refractivity contribution >= 4 is 0 Å². The van der Waals surface area contributed by atoms with Gasteiger partial charge in [-0.25, -0.2) is 0 Å². The molecule has 1 aliphatic heterocycles. The number of piperazine rings is 1. The van der Waals surface area contributed by atoms with E-state index in [9.17, 15) is 0 Å². The fraction of sp³-hybridized carbons (Fsp3) is 0.625. The van der Waals surface area contributed by atoms with Crippen LogP contribution < -0.4 is 15.4 Å². The van der Waals surface area contributed by atoms with E-state index >= 15 is 0 Å². The number of rotatable bonds is 8. The van der Waals surface area contributed by atoms with Crippen molar-refractivity contribution in [2.75, 3.05) is 45.9 Å². The van der Waals surface area contributed by atoms with Gasteiger partial charge in [-0.1, -0.05) is 25.1 Å². The molecule has 2 rings (SSSR count). The summed E-state index contributed by atoms with van der Waals surface area (Å²) in [6.07, 6.45) is 1.05. The van der Waals surface area contributed by atoms with E-state index in [1.807, 2.05) is 6.07 Å². The van der Waals surface area contributed by atoms with Gasteiger partial charge >= 0.3 is 0 Å². The van der Waals surface area contributed by atoms with E-state index in [2.05, 4.69) is 40.7 Å². The largest absolute Gasteiger partial charge is 0.493 e. The maximum Gasteiger partial charge on any atom is 0.123 e. The third-order valence-electron chi connectivity index (χ3n) is 3.56. The predicted molar refractivity (Wildman–Crippen MR) is 83.2 cm³/mol. The molecule has 4 nitrogen and oxygen atoms in total. The highest BCUT2D eigenvalue weighted by atomic mass is 16.5. The van der Waals surface area contributed by atoms with Gasteiger partial charge in [0.05, 0.1) is 6.61 Å². The summed E-state index contributed by atoms with van der Waals surface area (Å²) in [5.41, 5.74) is 1.25. The van der Waals surface area contributed by atoms with Gasteiger partial charge < -0.3 is 15.4 Å². The molecular weight excluding hydrogens is 250 g/mol. The fourth-order valence-corrected chi connectivity index (χ4v) is 2.40. The molecule has 1 aliphatic rings. The number of benzene rings is 1. The maximum absolute atomic E-state index is 5.77. The van der Waals surface area contributed by atoms with E-state index in [0.29, 0.717) is 0 Å². The smallest absolute Gasteiger partial charge is 0.123 e. The molecule has 0 atom stereocenters. The second kappa shape index (κ2) is 8.95. The van der Waals surface area contributed by atoms with Crippen molar-refractivity contribution in [3.05, 3.63) is 29.8 Å². The topological polar surface area (TPSA) is 36.5 Å². The highest BCUT2D eigenvalue weighted by Gasteiger charge is 2.08. The first-order valence-corrected chi connectivity index (χ1v) is 7.74. The van der Waals surface area contributed by atoms with Gasteiger partial charge in [0.15, 0.2) is 0 Å². The molecule has 0 aromatic heterocycles. The lowest BCUT2D eigenvalue weighted by atomic mass is 10.2. The fourth-order valence-electron chi connectivity index (χ4n) is 2.40. The van der Waals surface area contributed by atoms with E-state index in [0.717, 1.165) is 64.6 Å². The molecule has 0 aliphatic carbocycles. The molecule has 4 heteroatoms. The lowest BCUT2D eigenvalue weighted by Gasteiger charge is -2.27. The maximum atomic E-state index is 5.77. The molecule has 1 aromatic rings. The van der Waals surface area contributed by atoms with Gasteiger partial charge in [-0.05, 0) is 12.5 Å². The van der Waals surface area contributed by atoms with Crippen LogP contribution in [-0.4, -0.2) is 50.8 Å². The standard InChI is InChI=1S/C16H27N3O/c1-2-13-20-16-6-4-3-5-15(16)14-18-9-12-19-10-7-17-8-11-19/h3-6,17-18H,2,7-14H2,1H3. The summed E-state index contributed by atoms with van der Waals surface area (Å²) in [6.45, 7) is 10.5. The molecular formula is C16H27N3O. The summed E-state index contributed by atoms with van der Waals surface area (Å²) in [7, 11) is 0. The first-order chi connectivity index (χ1) is 9.90. The first-order valence-electron chi connectivity index (χ1n) is 7.74. The van der Waals surface area contributed by atoms with Crippen LogP contribution in [-0.2, 0) is 6.54 Å². The van der Waals surface area contributed by atoms with E-state index in [4.69, 9.17) is 4.74 Å². The van der Waals surface area contributed by atoms with Gasteiger partial charge in [-0.3, -0.25) is 4.90 Å². The van der Waals surface area contributed by atoms with Crippen molar-refractivity contribution in [3.8, 4) is 5.75 Å². The number of hydrogen-bond acceptors (Lipinski definition) is 4. The molecule has 0 amide bonds. The number of para-hydroxylation sites is 1. The van der Waals surface area contributed by atoms with E-state index in [1.165, 1.54) is 5.56 Å². The average molecular weight is 277 g/mol. The predicted octanol–water partition coefficient (Wildman–Crippen LogP) is 1.47. The molecule has 20 heavy (non-hydrogen) atoms. The minimum absolute atomic E-state index is 0.789. The SMILES string of the molecule is CCCOc1ccccc1CNCCN1CCNCC1. The molecule has 1 aromatic carbocycles. The molecule has 0 saturated carbocycles. The monoisotopic (exact) mass is 277 g/mol. The summed E-state index contributed by atoms with van der Waals surface area (Å²) < 4.78 is 5.77. The third-order valence-corrected chi connectivity index (χ3v) is 3.56. The van der Waals surface area contributed by atoms with Crippen LogP contribution in [0.2, 0.25) is 0 Å². The minimum Gasteiger partial charge on any atom is -0.493 e. The first kappa shape index (κ1) is 15.3. The Balaban J connectivity index is 1.70. The Labute approximate surface area is 122 Å². The Kier molecular flexibility index (Phi) is 6.84. The van der Waals surface area contributed by atoms with E-state index < -0.39 is 0 Å². The highest BCUT2D eigenvalue weighted by molar-refractivity contribution is 5.33. The second-order valence-electron chi connectivity index (χ2n) is 5.22. The minimum atomic E-state index is 0.789. The lowest BCUT2D eigenvalue weighted by molar-refractivity contribution is 0.240. The molecule has 0 unspecified atom stereocenters. The zero-order valence-electron chi connectivity index (χ0n) is 12.5. The molecule has 112 valence electrons. The molecule has 0 spiro atoms. The summed E-state index contributed by atoms with van der Waals surface area (Å²) in [5.74, 6) is 1.02. The average Bonchev–Trinajstić information content (AvgIpc) is 2.51. The van der Waals surface area contributed by atoms with Crippen LogP contribution >= 0.6 is 0 Å². The molecule has 0 radical (unpaired) electrons. The summed E-state index contributed by atoms with van der Waals surface area (Å²) in [6, 6.07) is 8.31. The Hall–Kier alpha value is -1.10. The zero-order valence-corrected chi connectivity index (χ0v) is 12.5. The lowest BCUT2D eigenvalue weighted by Crippen LogP contribution is -2.45. The number of ether oxygens (including phenoxy) is 1. The normalized spacial score (nSPS) is 16.2. The van der Waals surface area contributed by atoms with Gasteiger partial charge in [0, 0.05) is 51.4 Å². The molecule has 1 heterocycles. The van der Waals surface area contributed by atoms with Crippen molar-refractivity contribution in [1.29, 1.82) is 0 Å².